The van der Waals surface area contributed by atoms with Crippen LogP contribution in [0.1, 0.15) is 36.9 Å². The smallest absolute Gasteiger partial charge is 0.329 e. The molecule has 6 rings (SSSR count). The fourth-order valence-corrected chi connectivity index (χ4v) is 4.85. The zero-order valence-corrected chi connectivity index (χ0v) is 20.0. The number of hydrogen-bond donors (Lipinski definition) is 1. The van der Waals surface area contributed by atoms with E-state index in [0.717, 1.165) is 19.4 Å². The van der Waals surface area contributed by atoms with Crippen molar-refractivity contribution in [1.29, 1.82) is 0 Å². The largest absolute Gasteiger partial charge is 0.415 e. The van der Waals surface area contributed by atoms with Crippen LogP contribution in [0.25, 0.3) is 33.6 Å². The maximum atomic E-state index is 15.3. The van der Waals surface area contributed by atoms with Gasteiger partial charge in [-0.3, -0.25) is 19.1 Å². The van der Waals surface area contributed by atoms with Crippen LogP contribution in [0.3, 0.4) is 0 Å². The van der Waals surface area contributed by atoms with Gasteiger partial charge in [0, 0.05) is 42.3 Å². The van der Waals surface area contributed by atoms with Gasteiger partial charge in [0.25, 0.3) is 5.89 Å². The minimum absolute atomic E-state index is 0.0795. The minimum atomic E-state index is -2.87. The van der Waals surface area contributed by atoms with Crippen molar-refractivity contribution in [2.75, 3.05) is 13.1 Å². The van der Waals surface area contributed by atoms with E-state index >= 15 is 4.39 Å². The highest BCUT2D eigenvalue weighted by Crippen LogP contribution is 2.30. The number of nitrogens with one attached hydrogen (secondary N) is 1. The lowest BCUT2D eigenvalue weighted by Gasteiger charge is -2.24. The average Bonchev–Trinajstić information content (AvgIpc) is 3.54. The first-order valence-corrected chi connectivity index (χ1v) is 12.1. The van der Waals surface area contributed by atoms with E-state index < -0.39 is 18.1 Å². The number of rotatable bonds is 6. The third kappa shape index (κ3) is 4.36. The van der Waals surface area contributed by atoms with Crippen molar-refractivity contribution in [1.82, 2.24) is 34.6 Å². The highest BCUT2D eigenvalue weighted by atomic mass is 19.3. The number of benzene rings is 1. The maximum Gasteiger partial charge on any atom is 0.329 e. The molecule has 1 fully saturated rings. The second kappa shape index (κ2) is 9.86. The van der Waals surface area contributed by atoms with Gasteiger partial charge >= 0.3 is 12.1 Å². The molecule has 1 N–H and O–H groups in total. The highest BCUT2D eigenvalue weighted by molar-refractivity contribution is 5.83. The van der Waals surface area contributed by atoms with Crippen LogP contribution in [-0.4, -0.2) is 42.4 Å². The summed E-state index contributed by atoms with van der Waals surface area (Å²) in [5, 5.41) is 10.3. The van der Waals surface area contributed by atoms with E-state index in [9.17, 15) is 13.6 Å². The first-order valence-electron chi connectivity index (χ1n) is 12.1. The molecule has 0 bridgehead atoms. The summed E-state index contributed by atoms with van der Waals surface area (Å²) >= 11 is 0. The Morgan fingerprint density at radius 2 is 2.00 bits per heavy atom. The highest BCUT2D eigenvalue weighted by Gasteiger charge is 2.24. The molecule has 0 spiro atoms. The minimum Gasteiger partial charge on any atom is -0.415 e. The Morgan fingerprint density at radius 3 is 2.68 bits per heavy atom. The molecule has 5 heterocycles. The molecular formula is C26H22F3N7O2. The van der Waals surface area contributed by atoms with Gasteiger partial charge in [0.05, 0.1) is 34.9 Å². The monoisotopic (exact) mass is 521 g/mol. The van der Waals surface area contributed by atoms with Crippen LogP contribution in [0, 0.1) is 5.82 Å². The number of aromatic nitrogens is 6. The Balaban J connectivity index is 1.41. The van der Waals surface area contributed by atoms with Gasteiger partial charge < -0.3 is 9.73 Å². The van der Waals surface area contributed by atoms with Crippen molar-refractivity contribution in [3.63, 3.8) is 0 Å². The summed E-state index contributed by atoms with van der Waals surface area (Å²) in [5.41, 5.74) is 2.69. The number of imidazole rings is 1. The van der Waals surface area contributed by atoms with Crippen molar-refractivity contribution in [2.24, 2.45) is 0 Å². The second-order valence-electron chi connectivity index (χ2n) is 9.09. The molecule has 0 amide bonds. The van der Waals surface area contributed by atoms with Crippen molar-refractivity contribution in [3.8, 4) is 22.6 Å². The quantitative estimate of drug-likeness (QED) is 0.354. The summed E-state index contributed by atoms with van der Waals surface area (Å²) in [6.07, 6.45) is 3.50. The Kier molecular flexibility index (Phi) is 6.24. The summed E-state index contributed by atoms with van der Waals surface area (Å²) < 4.78 is 49.1. The SMILES string of the molecule is O=c1n(Cc2ccc(-c3nnc(C(F)F)o3)cn2)c2cc(F)c(-c3cccnc3)cc2n1[C@H]1CCCNC1. The van der Waals surface area contributed by atoms with Gasteiger partial charge in [-0.25, -0.2) is 9.18 Å². The maximum absolute atomic E-state index is 15.3. The van der Waals surface area contributed by atoms with Crippen LogP contribution >= 0.6 is 0 Å². The third-order valence-electron chi connectivity index (χ3n) is 6.68. The molecular weight excluding hydrogens is 499 g/mol. The molecule has 1 aliphatic rings. The zero-order valence-electron chi connectivity index (χ0n) is 20.0. The molecule has 12 heteroatoms. The van der Waals surface area contributed by atoms with Gasteiger partial charge in [-0.2, -0.15) is 8.78 Å². The van der Waals surface area contributed by atoms with E-state index in [2.05, 4.69) is 25.5 Å². The van der Waals surface area contributed by atoms with Crippen LogP contribution in [0.4, 0.5) is 13.2 Å². The van der Waals surface area contributed by atoms with Crippen molar-refractivity contribution in [3.05, 3.63) is 82.9 Å². The molecule has 0 aliphatic carbocycles. The summed E-state index contributed by atoms with van der Waals surface area (Å²) in [7, 11) is 0. The first-order chi connectivity index (χ1) is 18.5. The molecule has 5 aromatic rings. The zero-order chi connectivity index (χ0) is 26.2. The lowest BCUT2D eigenvalue weighted by molar-refractivity contribution is 0.116. The first kappa shape index (κ1) is 24.0. The molecule has 0 unspecified atom stereocenters. The molecule has 194 valence electrons. The molecule has 0 saturated carbocycles. The standard InChI is InChI=1S/C26H22F3N7O2/c27-20-10-21-22(9-19(20)15-3-1-7-30-11-15)36(18-4-2-8-31-13-18)26(37)35(21)14-17-6-5-16(12-32-17)24-33-34-25(38-24)23(28)29/h1,3,5-7,9-12,18,23,31H,2,4,8,13-14H2/t18-/m0/s1. The van der Waals surface area contributed by atoms with Crippen molar-refractivity contribution < 1.29 is 17.6 Å². The predicted molar refractivity (Wildman–Crippen MR) is 132 cm³/mol. The predicted octanol–water partition coefficient (Wildman–Crippen LogP) is 4.36. The van der Waals surface area contributed by atoms with Crippen LogP contribution < -0.4 is 11.0 Å². The van der Waals surface area contributed by atoms with Gasteiger partial charge in [-0.1, -0.05) is 6.07 Å². The van der Waals surface area contributed by atoms with Gasteiger partial charge in [-0.15, -0.1) is 10.2 Å². The number of pyridine rings is 2. The molecule has 1 atom stereocenters. The Hall–Kier alpha value is -4.32. The van der Waals surface area contributed by atoms with E-state index in [0.29, 0.717) is 40.0 Å². The average molecular weight is 522 g/mol. The molecule has 4 aromatic heterocycles. The topological polar surface area (TPSA) is 104 Å². The summed E-state index contributed by atoms with van der Waals surface area (Å²) in [5.74, 6) is -1.32. The van der Waals surface area contributed by atoms with Crippen LogP contribution in [-0.2, 0) is 6.54 Å². The van der Waals surface area contributed by atoms with E-state index in [-0.39, 0.29) is 24.2 Å². The van der Waals surface area contributed by atoms with E-state index in [1.54, 1.807) is 47.3 Å². The fraction of sp³-hybridized carbons (Fsp3) is 0.269. The van der Waals surface area contributed by atoms with Gasteiger partial charge in [-0.05, 0) is 43.7 Å². The number of halogens is 3. The fourth-order valence-electron chi connectivity index (χ4n) is 4.85. The third-order valence-corrected chi connectivity index (χ3v) is 6.68. The lowest BCUT2D eigenvalue weighted by atomic mass is 10.0. The Bertz CT molecular complexity index is 1640. The summed E-state index contributed by atoms with van der Waals surface area (Å²) in [6.45, 7) is 1.60. The number of fused-ring (bicyclic) bond motifs is 1. The summed E-state index contributed by atoms with van der Waals surface area (Å²) in [6, 6.07) is 9.76. The van der Waals surface area contributed by atoms with E-state index in [1.165, 1.54) is 16.8 Å². The number of hydrogen-bond acceptors (Lipinski definition) is 7. The molecule has 38 heavy (non-hydrogen) atoms. The van der Waals surface area contributed by atoms with Crippen molar-refractivity contribution >= 4 is 11.0 Å². The number of piperidine rings is 1. The number of alkyl halides is 2. The Labute approximate surface area is 214 Å². The number of nitrogens with zero attached hydrogens (tertiary/aromatic N) is 6. The Morgan fingerprint density at radius 1 is 1.11 bits per heavy atom. The van der Waals surface area contributed by atoms with E-state index in [1.807, 2.05) is 0 Å². The second-order valence-corrected chi connectivity index (χ2v) is 9.09. The normalized spacial score (nSPS) is 15.9. The van der Waals surface area contributed by atoms with Crippen LogP contribution in [0.5, 0.6) is 0 Å². The van der Waals surface area contributed by atoms with Gasteiger partial charge in [0.15, 0.2) is 0 Å². The molecule has 1 aromatic carbocycles. The van der Waals surface area contributed by atoms with Crippen molar-refractivity contribution in [2.45, 2.75) is 31.9 Å². The molecule has 1 saturated heterocycles. The van der Waals surface area contributed by atoms with Gasteiger partial charge in [0.2, 0.25) is 5.89 Å². The van der Waals surface area contributed by atoms with Crippen LogP contribution in [0.15, 0.2) is 64.2 Å². The van der Waals surface area contributed by atoms with E-state index in [4.69, 9.17) is 4.42 Å². The van der Waals surface area contributed by atoms with Gasteiger partial charge in [0.1, 0.15) is 5.82 Å². The lowest BCUT2D eigenvalue weighted by Crippen LogP contribution is -2.37. The molecule has 9 nitrogen and oxygen atoms in total. The van der Waals surface area contributed by atoms with Crippen LogP contribution in [0.2, 0.25) is 0 Å². The molecule has 1 aliphatic heterocycles. The summed E-state index contributed by atoms with van der Waals surface area (Å²) in [4.78, 5) is 22.2. The molecule has 0 radical (unpaired) electrons.